The summed E-state index contributed by atoms with van der Waals surface area (Å²) in [4.78, 5) is 13.0. The molecule has 3 heterocycles. The van der Waals surface area contributed by atoms with E-state index in [4.69, 9.17) is 0 Å². The van der Waals surface area contributed by atoms with Crippen molar-refractivity contribution in [2.75, 3.05) is 20.6 Å². The van der Waals surface area contributed by atoms with Crippen LogP contribution >= 0.6 is 0 Å². The first-order valence-electron chi connectivity index (χ1n) is 7.43. The van der Waals surface area contributed by atoms with Crippen molar-refractivity contribution >= 4 is 10.2 Å². The highest BCUT2D eigenvalue weighted by Crippen LogP contribution is 2.33. The number of aryl methyl sites for hydroxylation is 1. The maximum atomic E-state index is 12.5. The fourth-order valence-electron chi connectivity index (χ4n) is 2.79. The highest BCUT2D eigenvalue weighted by molar-refractivity contribution is 7.86. The van der Waals surface area contributed by atoms with Crippen LogP contribution in [0.1, 0.15) is 30.4 Å². The number of hydrogen-bond acceptors (Lipinski definition) is 5. The Kier molecular flexibility index (Phi) is 4.17. The minimum Gasteiger partial charge on any atom is -0.287 e. The van der Waals surface area contributed by atoms with Gasteiger partial charge in [0, 0.05) is 33.0 Å². The molecule has 0 saturated carbocycles. The molecular formula is C14H20N6O2S. The summed E-state index contributed by atoms with van der Waals surface area (Å²) in [7, 11) is -0.382. The zero-order chi connectivity index (χ0) is 16.6. The summed E-state index contributed by atoms with van der Waals surface area (Å²) in [6, 6.07) is -0.279. The topological polar surface area (TPSA) is 84.2 Å². The number of hydrogen-bond donors (Lipinski definition) is 0. The zero-order valence-corrected chi connectivity index (χ0v) is 14.2. The fourth-order valence-corrected chi connectivity index (χ4v) is 4.10. The molecule has 1 aliphatic heterocycles. The number of aromatic nitrogens is 4. The first kappa shape index (κ1) is 16.0. The van der Waals surface area contributed by atoms with E-state index in [2.05, 4.69) is 15.0 Å². The van der Waals surface area contributed by atoms with E-state index < -0.39 is 10.2 Å². The smallest absolute Gasteiger partial charge is 0.282 e. The van der Waals surface area contributed by atoms with Gasteiger partial charge in [-0.2, -0.15) is 17.0 Å². The normalized spacial score (nSPS) is 19.6. The van der Waals surface area contributed by atoms with Crippen LogP contribution in [0.5, 0.6) is 0 Å². The molecule has 3 rings (SSSR count). The third-order valence-electron chi connectivity index (χ3n) is 4.02. The second-order valence-corrected chi connectivity index (χ2v) is 7.80. The summed E-state index contributed by atoms with van der Waals surface area (Å²) in [5, 5.41) is 0. The molecule has 124 valence electrons. The molecule has 0 amide bonds. The van der Waals surface area contributed by atoms with Crippen molar-refractivity contribution in [2.24, 2.45) is 0 Å². The van der Waals surface area contributed by atoms with E-state index in [1.807, 2.05) is 17.7 Å². The molecule has 0 radical (unpaired) electrons. The summed E-state index contributed by atoms with van der Waals surface area (Å²) in [6.07, 6.45) is 8.36. The maximum Gasteiger partial charge on any atom is 0.282 e. The molecule has 1 fully saturated rings. The van der Waals surface area contributed by atoms with Crippen LogP contribution in [-0.2, 0) is 10.2 Å². The molecule has 0 aromatic carbocycles. The highest BCUT2D eigenvalue weighted by atomic mass is 32.2. The predicted molar refractivity (Wildman–Crippen MR) is 85.2 cm³/mol. The summed E-state index contributed by atoms with van der Waals surface area (Å²) in [6.45, 7) is 2.38. The zero-order valence-electron chi connectivity index (χ0n) is 13.4. The third-order valence-corrected chi connectivity index (χ3v) is 5.97. The van der Waals surface area contributed by atoms with Gasteiger partial charge < -0.3 is 0 Å². The lowest BCUT2D eigenvalue weighted by Gasteiger charge is -2.26. The van der Waals surface area contributed by atoms with E-state index in [1.165, 1.54) is 8.61 Å². The van der Waals surface area contributed by atoms with Crippen LogP contribution in [0.15, 0.2) is 24.8 Å². The van der Waals surface area contributed by atoms with Crippen LogP contribution in [0, 0.1) is 6.92 Å². The molecule has 1 unspecified atom stereocenters. The van der Waals surface area contributed by atoms with Gasteiger partial charge in [0.05, 0.1) is 24.1 Å². The van der Waals surface area contributed by atoms with Gasteiger partial charge in [-0.1, -0.05) is 0 Å². The molecule has 0 N–H and O–H groups in total. The van der Waals surface area contributed by atoms with E-state index in [9.17, 15) is 8.42 Å². The highest BCUT2D eigenvalue weighted by Gasteiger charge is 2.37. The number of nitrogens with zero attached hydrogens (tertiary/aromatic N) is 6. The molecule has 23 heavy (non-hydrogen) atoms. The lowest BCUT2D eigenvalue weighted by molar-refractivity contribution is 0.357. The molecule has 8 nitrogen and oxygen atoms in total. The van der Waals surface area contributed by atoms with Crippen LogP contribution in [0.25, 0.3) is 5.82 Å². The van der Waals surface area contributed by atoms with E-state index >= 15 is 0 Å². The van der Waals surface area contributed by atoms with Gasteiger partial charge in [-0.3, -0.25) is 9.55 Å². The summed E-state index contributed by atoms with van der Waals surface area (Å²) < 4.78 is 29.5. The molecule has 1 aliphatic rings. The fraction of sp³-hybridized carbons (Fsp3) is 0.500. The molecule has 0 bridgehead atoms. The Hall–Kier alpha value is -1.84. The Morgan fingerprint density at radius 3 is 2.74 bits per heavy atom. The standard InChI is InChI=1S/C14H20N6O2S/c1-11-16-6-8-19(11)14-10-15-9-12(17-14)13-5-4-7-20(13)23(21,22)18(2)3/h6,8-10,13H,4-5,7H2,1-3H3. The molecule has 1 atom stereocenters. The molecule has 9 heteroatoms. The van der Waals surface area contributed by atoms with E-state index in [-0.39, 0.29) is 6.04 Å². The van der Waals surface area contributed by atoms with E-state index in [0.717, 1.165) is 18.7 Å². The van der Waals surface area contributed by atoms with Crippen molar-refractivity contribution in [1.29, 1.82) is 0 Å². The Morgan fingerprint density at radius 1 is 1.30 bits per heavy atom. The van der Waals surface area contributed by atoms with Gasteiger partial charge in [0.25, 0.3) is 10.2 Å². The first-order chi connectivity index (χ1) is 10.9. The predicted octanol–water partition coefficient (Wildman–Crippen LogP) is 0.914. The second-order valence-electron chi connectivity index (χ2n) is 5.71. The van der Waals surface area contributed by atoms with Gasteiger partial charge in [-0.15, -0.1) is 0 Å². The molecule has 2 aromatic rings. The summed E-state index contributed by atoms with van der Waals surface area (Å²) in [5.41, 5.74) is 0.665. The quantitative estimate of drug-likeness (QED) is 0.829. The summed E-state index contributed by atoms with van der Waals surface area (Å²) >= 11 is 0. The molecular weight excluding hydrogens is 316 g/mol. The molecule has 0 aliphatic carbocycles. The molecule has 1 saturated heterocycles. The van der Waals surface area contributed by atoms with Crippen LogP contribution in [0.4, 0.5) is 0 Å². The van der Waals surface area contributed by atoms with Gasteiger partial charge >= 0.3 is 0 Å². The van der Waals surface area contributed by atoms with E-state index in [1.54, 1.807) is 32.7 Å². The van der Waals surface area contributed by atoms with Crippen LogP contribution < -0.4 is 0 Å². The van der Waals surface area contributed by atoms with Crippen LogP contribution in [-0.4, -0.2) is 57.2 Å². The SMILES string of the molecule is Cc1nccn1-c1cncc(C2CCCN2S(=O)(=O)N(C)C)n1. The Morgan fingerprint density at radius 2 is 2.09 bits per heavy atom. The van der Waals surface area contributed by atoms with Crippen LogP contribution in [0.2, 0.25) is 0 Å². The number of rotatable bonds is 4. The van der Waals surface area contributed by atoms with Crippen molar-refractivity contribution < 1.29 is 8.42 Å². The minimum atomic E-state index is -3.47. The monoisotopic (exact) mass is 336 g/mol. The minimum absolute atomic E-state index is 0.279. The van der Waals surface area contributed by atoms with Gasteiger partial charge in [0.15, 0.2) is 5.82 Å². The second kappa shape index (κ2) is 5.99. The first-order valence-corrected chi connectivity index (χ1v) is 8.82. The van der Waals surface area contributed by atoms with Crippen molar-refractivity contribution in [3.05, 3.63) is 36.3 Å². The van der Waals surface area contributed by atoms with Gasteiger partial charge in [-0.05, 0) is 19.8 Å². The molecule has 0 spiro atoms. The van der Waals surface area contributed by atoms with Gasteiger partial charge in [0.2, 0.25) is 0 Å². The average molecular weight is 336 g/mol. The summed E-state index contributed by atoms with van der Waals surface area (Å²) in [5.74, 6) is 1.45. The van der Waals surface area contributed by atoms with E-state index in [0.29, 0.717) is 18.1 Å². The van der Waals surface area contributed by atoms with Crippen molar-refractivity contribution in [3.63, 3.8) is 0 Å². The van der Waals surface area contributed by atoms with Gasteiger partial charge in [-0.25, -0.2) is 9.97 Å². The number of imidazole rings is 1. The van der Waals surface area contributed by atoms with Crippen molar-refractivity contribution in [3.8, 4) is 5.82 Å². The lowest BCUT2D eigenvalue weighted by Crippen LogP contribution is -2.39. The van der Waals surface area contributed by atoms with Crippen molar-refractivity contribution in [2.45, 2.75) is 25.8 Å². The Bertz CT molecular complexity index is 801. The Labute approximate surface area is 136 Å². The van der Waals surface area contributed by atoms with Crippen LogP contribution in [0.3, 0.4) is 0 Å². The third kappa shape index (κ3) is 2.87. The largest absolute Gasteiger partial charge is 0.287 e. The van der Waals surface area contributed by atoms with Crippen molar-refractivity contribution in [1.82, 2.24) is 28.1 Å². The Balaban J connectivity index is 1.97. The maximum absolute atomic E-state index is 12.5. The average Bonchev–Trinajstić information content (AvgIpc) is 3.16. The lowest BCUT2D eigenvalue weighted by atomic mass is 10.2. The molecule has 2 aromatic heterocycles. The van der Waals surface area contributed by atoms with Gasteiger partial charge in [0.1, 0.15) is 5.82 Å².